The van der Waals surface area contributed by atoms with Crippen LogP contribution in [0.25, 0.3) is 0 Å². The molecule has 0 aliphatic carbocycles. The van der Waals surface area contributed by atoms with E-state index >= 15 is 0 Å². The van der Waals surface area contributed by atoms with E-state index in [0.29, 0.717) is 0 Å². The first-order valence-corrected chi connectivity index (χ1v) is 3.90. The molecular formula is C9H11ClO. The molecule has 0 heterocycles. The second kappa shape index (κ2) is 3.74. The average Bonchev–Trinajstić information content (AvgIpc) is 2.04. The Morgan fingerprint density at radius 1 is 1.36 bits per heavy atom. The van der Waals surface area contributed by atoms with Crippen molar-refractivity contribution in [3.05, 3.63) is 34.9 Å². The van der Waals surface area contributed by atoms with E-state index in [2.05, 4.69) is 0 Å². The summed E-state index contributed by atoms with van der Waals surface area (Å²) in [7, 11) is 1.67. The Labute approximate surface area is 71.9 Å². The standard InChI is InChI=1S/C9H11ClO/c1-7(11-2)8-5-3-4-6-9(8)10/h3-7H,1-2H3. The lowest BCUT2D eigenvalue weighted by atomic mass is 10.1. The van der Waals surface area contributed by atoms with Crippen molar-refractivity contribution in [2.24, 2.45) is 0 Å². The summed E-state index contributed by atoms with van der Waals surface area (Å²) < 4.78 is 5.13. The van der Waals surface area contributed by atoms with Gasteiger partial charge in [-0.3, -0.25) is 0 Å². The summed E-state index contributed by atoms with van der Waals surface area (Å²) in [5.41, 5.74) is 1.04. The SMILES string of the molecule is COC(C)c1ccccc1Cl. The van der Waals surface area contributed by atoms with Gasteiger partial charge in [-0.05, 0) is 18.6 Å². The molecule has 1 atom stereocenters. The van der Waals surface area contributed by atoms with Gasteiger partial charge in [0, 0.05) is 12.1 Å². The molecule has 2 heteroatoms. The molecule has 60 valence electrons. The second-order valence-corrected chi connectivity index (χ2v) is 2.81. The van der Waals surface area contributed by atoms with Crippen molar-refractivity contribution in [2.75, 3.05) is 7.11 Å². The maximum Gasteiger partial charge on any atom is 0.0807 e. The number of halogens is 1. The molecule has 0 bridgehead atoms. The van der Waals surface area contributed by atoms with Crippen LogP contribution in [0.4, 0.5) is 0 Å². The Morgan fingerprint density at radius 2 is 2.00 bits per heavy atom. The van der Waals surface area contributed by atoms with Gasteiger partial charge in [-0.2, -0.15) is 0 Å². The summed E-state index contributed by atoms with van der Waals surface area (Å²) in [6.45, 7) is 1.97. The fourth-order valence-corrected chi connectivity index (χ4v) is 1.22. The molecule has 1 unspecified atom stereocenters. The smallest absolute Gasteiger partial charge is 0.0807 e. The van der Waals surface area contributed by atoms with Gasteiger partial charge in [-0.25, -0.2) is 0 Å². The number of ether oxygens (including phenoxy) is 1. The molecule has 0 aromatic heterocycles. The van der Waals surface area contributed by atoms with E-state index in [0.717, 1.165) is 10.6 Å². The molecule has 1 aromatic carbocycles. The van der Waals surface area contributed by atoms with E-state index in [1.165, 1.54) is 0 Å². The van der Waals surface area contributed by atoms with Gasteiger partial charge in [0.15, 0.2) is 0 Å². The zero-order valence-electron chi connectivity index (χ0n) is 6.67. The number of benzene rings is 1. The highest BCUT2D eigenvalue weighted by Gasteiger charge is 2.05. The van der Waals surface area contributed by atoms with Gasteiger partial charge in [-0.15, -0.1) is 0 Å². The van der Waals surface area contributed by atoms with Crippen LogP contribution in [0.5, 0.6) is 0 Å². The lowest BCUT2D eigenvalue weighted by Gasteiger charge is -2.10. The summed E-state index contributed by atoms with van der Waals surface area (Å²) in [5.74, 6) is 0. The molecule has 0 aliphatic heterocycles. The first kappa shape index (κ1) is 8.57. The maximum atomic E-state index is 5.92. The topological polar surface area (TPSA) is 9.23 Å². The molecule has 0 radical (unpaired) electrons. The van der Waals surface area contributed by atoms with E-state index in [4.69, 9.17) is 16.3 Å². The number of hydrogen-bond acceptors (Lipinski definition) is 1. The Bertz CT molecular complexity index is 235. The monoisotopic (exact) mass is 170 g/mol. The van der Waals surface area contributed by atoms with Crippen molar-refractivity contribution < 1.29 is 4.74 Å². The van der Waals surface area contributed by atoms with Crippen molar-refractivity contribution >= 4 is 11.6 Å². The van der Waals surface area contributed by atoms with Crippen molar-refractivity contribution in [3.63, 3.8) is 0 Å². The van der Waals surface area contributed by atoms with Crippen LogP contribution >= 0.6 is 11.6 Å². The van der Waals surface area contributed by atoms with Crippen molar-refractivity contribution in [1.82, 2.24) is 0 Å². The highest BCUT2D eigenvalue weighted by Crippen LogP contribution is 2.23. The van der Waals surface area contributed by atoms with Crippen molar-refractivity contribution in [2.45, 2.75) is 13.0 Å². The Morgan fingerprint density at radius 3 is 2.55 bits per heavy atom. The fraction of sp³-hybridized carbons (Fsp3) is 0.333. The minimum Gasteiger partial charge on any atom is -0.377 e. The normalized spacial score (nSPS) is 13.0. The van der Waals surface area contributed by atoms with Gasteiger partial charge in [0.1, 0.15) is 0 Å². The predicted octanol–water partition coefficient (Wildman–Crippen LogP) is 3.05. The minimum absolute atomic E-state index is 0.0729. The Kier molecular flexibility index (Phi) is 2.92. The van der Waals surface area contributed by atoms with E-state index in [1.807, 2.05) is 31.2 Å². The van der Waals surface area contributed by atoms with Crippen LogP contribution in [-0.2, 0) is 4.74 Å². The van der Waals surface area contributed by atoms with Gasteiger partial charge in [0.05, 0.1) is 6.10 Å². The van der Waals surface area contributed by atoms with Crippen LogP contribution < -0.4 is 0 Å². The van der Waals surface area contributed by atoms with Crippen LogP contribution in [0.3, 0.4) is 0 Å². The van der Waals surface area contributed by atoms with E-state index in [-0.39, 0.29) is 6.10 Å². The summed E-state index contributed by atoms with van der Waals surface area (Å²) in [4.78, 5) is 0. The van der Waals surface area contributed by atoms with Crippen LogP contribution in [0.2, 0.25) is 5.02 Å². The predicted molar refractivity (Wildman–Crippen MR) is 46.9 cm³/mol. The van der Waals surface area contributed by atoms with E-state index < -0.39 is 0 Å². The summed E-state index contributed by atoms with van der Waals surface area (Å²) in [6, 6.07) is 7.70. The van der Waals surface area contributed by atoms with Crippen molar-refractivity contribution in [3.8, 4) is 0 Å². The molecule has 11 heavy (non-hydrogen) atoms. The summed E-state index contributed by atoms with van der Waals surface area (Å²) in [6.07, 6.45) is 0.0729. The quantitative estimate of drug-likeness (QED) is 0.663. The number of methoxy groups -OCH3 is 1. The largest absolute Gasteiger partial charge is 0.377 e. The van der Waals surface area contributed by atoms with Crippen LogP contribution in [0, 0.1) is 0 Å². The lowest BCUT2D eigenvalue weighted by Crippen LogP contribution is -1.95. The second-order valence-electron chi connectivity index (χ2n) is 2.40. The third-order valence-electron chi connectivity index (χ3n) is 1.70. The number of rotatable bonds is 2. The van der Waals surface area contributed by atoms with Gasteiger partial charge in [0.25, 0.3) is 0 Å². The third kappa shape index (κ3) is 1.95. The third-order valence-corrected chi connectivity index (χ3v) is 2.04. The molecule has 1 nitrogen and oxygen atoms in total. The number of hydrogen-bond donors (Lipinski definition) is 0. The van der Waals surface area contributed by atoms with Crippen LogP contribution in [-0.4, -0.2) is 7.11 Å². The van der Waals surface area contributed by atoms with E-state index in [1.54, 1.807) is 7.11 Å². The highest BCUT2D eigenvalue weighted by molar-refractivity contribution is 6.31. The maximum absolute atomic E-state index is 5.92. The van der Waals surface area contributed by atoms with Gasteiger partial charge < -0.3 is 4.74 Å². The molecular weight excluding hydrogens is 160 g/mol. The zero-order valence-corrected chi connectivity index (χ0v) is 7.43. The molecule has 0 spiro atoms. The Hall–Kier alpha value is -0.530. The molecule has 1 rings (SSSR count). The molecule has 0 aliphatic rings. The molecule has 0 fully saturated rings. The van der Waals surface area contributed by atoms with Gasteiger partial charge in [0.2, 0.25) is 0 Å². The molecule has 0 saturated heterocycles. The summed E-state index contributed by atoms with van der Waals surface area (Å²) in [5, 5.41) is 0.766. The molecule has 1 aromatic rings. The molecule has 0 saturated carbocycles. The average molecular weight is 171 g/mol. The van der Waals surface area contributed by atoms with Crippen molar-refractivity contribution in [1.29, 1.82) is 0 Å². The fourth-order valence-electron chi connectivity index (χ4n) is 0.932. The molecule has 0 amide bonds. The first-order chi connectivity index (χ1) is 5.25. The first-order valence-electron chi connectivity index (χ1n) is 3.53. The lowest BCUT2D eigenvalue weighted by molar-refractivity contribution is 0.119. The van der Waals surface area contributed by atoms with Gasteiger partial charge >= 0.3 is 0 Å². The van der Waals surface area contributed by atoms with Crippen LogP contribution in [0.15, 0.2) is 24.3 Å². The minimum atomic E-state index is 0.0729. The van der Waals surface area contributed by atoms with Crippen LogP contribution in [0.1, 0.15) is 18.6 Å². The van der Waals surface area contributed by atoms with Gasteiger partial charge in [-0.1, -0.05) is 29.8 Å². The summed E-state index contributed by atoms with van der Waals surface area (Å²) >= 11 is 5.92. The zero-order chi connectivity index (χ0) is 8.27. The molecule has 0 N–H and O–H groups in total. The Balaban J connectivity index is 2.93. The highest BCUT2D eigenvalue weighted by atomic mass is 35.5. The van der Waals surface area contributed by atoms with E-state index in [9.17, 15) is 0 Å².